The summed E-state index contributed by atoms with van der Waals surface area (Å²) in [7, 11) is 0. The van der Waals surface area contributed by atoms with Gasteiger partial charge in [-0.2, -0.15) is 5.10 Å². The molecule has 0 bridgehead atoms. The summed E-state index contributed by atoms with van der Waals surface area (Å²) in [5, 5.41) is 15.8. The summed E-state index contributed by atoms with van der Waals surface area (Å²) >= 11 is 0. The molecule has 0 aliphatic carbocycles. The van der Waals surface area contributed by atoms with Crippen molar-refractivity contribution in [2.24, 2.45) is 0 Å². The molecule has 21 heavy (non-hydrogen) atoms. The molecule has 2 rings (SSSR count). The van der Waals surface area contributed by atoms with E-state index in [0.29, 0.717) is 18.8 Å². The largest absolute Gasteiger partial charge is 0.354 e. The van der Waals surface area contributed by atoms with Gasteiger partial charge in [0.15, 0.2) is 5.69 Å². The molecular weight excluding hydrogens is 270 g/mol. The lowest BCUT2D eigenvalue weighted by molar-refractivity contribution is -0.121. The molecule has 1 unspecified atom stereocenters. The summed E-state index contributed by atoms with van der Waals surface area (Å²) in [5.74, 6) is -0.275. The monoisotopic (exact) mass is 293 g/mol. The number of H-pyrrole nitrogens is 1. The molecule has 2 heterocycles. The van der Waals surface area contributed by atoms with Crippen molar-refractivity contribution in [2.75, 3.05) is 13.1 Å². The zero-order chi connectivity index (χ0) is 15.2. The molecule has 7 nitrogen and oxygen atoms in total. The second kappa shape index (κ2) is 7.21. The summed E-state index contributed by atoms with van der Waals surface area (Å²) < 4.78 is 0. The van der Waals surface area contributed by atoms with Crippen molar-refractivity contribution in [3.8, 4) is 0 Å². The van der Waals surface area contributed by atoms with Gasteiger partial charge in [-0.1, -0.05) is 6.92 Å². The number of nitrogens with one attached hydrogen (secondary N) is 4. The van der Waals surface area contributed by atoms with E-state index in [1.165, 1.54) is 0 Å². The zero-order valence-corrected chi connectivity index (χ0v) is 12.6. The van der Waals surface area contributed by atoms with Crippen LogP contribution in [0.3, 0.4) is 0 Å². The molecular formula is C14H23N5O2. The highest BCUT2D eigenvalue weighted by molar-refractivity contribution is 5.94. The fourth-order valence-corrected chi connectivity index (χ4v) is 2.24. The molecule has 0 saturated heterocycles. The molecule has 2 amide bonds. The van der Waals surface area contributed by atoms with E-state index in [2.05, 4.69) is 26.1 Å². The smallest absolute Gasteiger partial charge is 0.272 e. The first-order chi connectivity index (χ1) is 10.1. The van der Waals surface area contributed by atoms with Crippen LogP contribution >= 0.6 is 0 Å². The number of nitrogens with zero attached hydrogens (tertiary/aromatic N) is 1. The first kappa shape index (κ1) is 15.5. The van der Waals surface area contributed by atoms with Gasteiger partial charge in [-0.3, -0.25) is 14.7 Å². The maximum Gasteiger partial charge on any atom is 0.272 e. The van der Waals surface area contributed by atoms with E-state index < -0.39 is 0 Å². The Kier molecular flexibility index (Phi) is 5.32. The number of carbonyl (C=O) groups excluding carboxylic acids is 2. The Hall–Kier alpha value is -1.89. The predicted molar refractivity (Wildman–Crippen MR) is 78.8 cm³/mol. The third kappa shape index (κ3) is 4.04. The molecule has 4 N–H and O–H groups in total. The maximum absolute atomic E-state index is 12.1. The number of fused-ring (bicyclic) bond motifs is 1. The number of hydrogen-bond donors (Lipinski definition) is 4. The van der Waals surface area contributed by atoms with Gasteiger partial charge in [-0.15, -0.1) is 0 Å². The van der Waals surface area contributed by atoms with E-state index in [0.717, 1.165) is 30.6 Å². The molecule has 0 saturated carbocycles. The summed E-state index contributed by atoms with van der Waals surface area (Å²) in [6.07, 6.45) is 2.03. The normalized spacial score (nSPS) is 15.1. The minimum atomic E-state index is -0.229. The van der Waals surface area contributed by atoms with Gasteiger partial charge < -0.3 is 16.0 Å². The Morgan fingerprint density at radius 3 is 3.00 bits per heavy atom. The number of amides is 2. The van der Waals surface area contributed by atoms with Gasteiger partial charge in [0.2, 0.25) is 5.91 Å². The van der Waals surface area contributed by atoms with E-state index in [1.54, 1.807) is 0 Å². The fourth-order valence-electron chi connectivity index (χ4n) is 2.24. The van der Waals surface area contributed by atoms with Gasteiger partial charge in [0, 0.05) is 49.8 Å². The van der Waals surface area contributed by atoms with Crippen molar-refractivity contribution >= 4 is 11.8 Å². The van der Waals surface area contributed by atoms with Crippen molar-refractivity contribution < 1.29 is 9.59 Å². The first-order valence-corrected chi connectivity index (χ1v) is 7.46. The average Bonchev–Trinajstić information content (AvgIpc) is 2.91. The number of hydrogen-bond acceptors (Lipinski definition) is 4. The van der Waals surface area contributed by atoms with Gasteiger partial charge in [-0.25, -0.2) is 0 Å². The standard InChI is InChI=1S/C14H23N5O2/c1-3-9(2)17-12(20)5-7-16-14(21)13-10-8-15-6-4-11(10)18-19-13/h9,15H,3-8H2,1-2H3,(H,16,21)(H,17,20)(H,18,19). The van der Waals surface area contributed by atoms with Gasteiger partial charge >= 0.3 is 0 Å². The Morgan fingerprint density at radius 2 is 2.24 bits per heavy atom. The number of rotatable bonds is 6. The molecule has 7 heteroatoms. The molecule has 0 fully saturated rings. The number of aromatic nitrogens is 2. The van der Waals surface area contributed by atoms with Crippen molar-refractivity contribution in [3.63, 3.8) is 0 Å². The predicted octanol–water partition coefficient (Wildman–Crippen LogP) is 0.0900. The van der Waals surface area contributed by atoms with Crippen molar-refractivity contribution in [2.45, 2.75) is 45.7 Å². The maximum atomic E-state index is 12.1. The van der Waals surface area contributed by atoms with Gasteiger partial charge in [0.1, 0.15) is 0 Å². The second-order valence-electron chi connectivity index (χ2n) is 5.34. The van der Waals surface area contributed by atoms with Crippen LogP contribution < -0.4 is 16.0 Å². The first-order valence-electron chi connectivity index (χ1n) is 7.46. The van der Waals surface area contributed by atoms with E-state index in [1.807, 2.05) is 13.8 Å². The van der Waals surface area contributed by atoms with Crippen LogP contribution in [0.25, 0.3) is 0 Å². The molecule has 1 aliphatic heterocycles. The lowest BCUT2D eigenvalue weighted by Gasteiger charge is -2.13. The highest BCUT2D eigenvalue weighted by Crippen LogP contribution is 2.14. The lowest BCUT2D eigenvalue weighted by atomic mass is 10.1. The molecule has 1 aromatic heterocycles. The van der Waals surface area contributed by atoms with Crippen LogP contribution in [0.4, 0.5) is 0 Å². The Morgan fingerprint density at radius 1 is 1.43 bits per heavy atom. The molecule has 1 aliphatic rings. The van der Waals surface area contributed by atoms with Crippen molar-refractivity contribution in [3.05, 3.63) is 17.0 Å². The summed E-state index contributed by atoms with van der Waals surface area (Å²) in [5.41, 5.74) is 2.38. The number of carbonyl (C=O) groups is 2. The molecule has 1 atom stereocenters. The van der Waals surface area contributed by atoms with Gasteiger partial charge in [0.05, 0.1) is 0 Å². The minimum absolute atomic E-state index is 0.0460. The van der Waals surface area contributed by atoms with Crippen LogP contribution in [0.5, 0.6) is 0 Å². The summed E-state index contributed by atoms with van der Waals surface area (Å²) in [4.78, 5) is 23.7. The summed E-state index contributed by atoms with van der Waals surface area (Å²) in [6.45, 7) is 5.84. The second-order valence-corrected chi connectivity index (χ2v) is 5.34. The van der Waals surface area contributed by atoms with Crippen LogP contribution in [-0.2, 0) is 17.8 Å². The Labute approximate surface area is 124 Å². The number of aromatic amines is 1. The van der Waals surface area contributed by atoms with Gasteiger partial charge in [-0.05, 0) is 13.3 Å². The average molecular weight is 293 g/mol. The molecule has 116 valence electrons. The van der Waals surface area contributed by atoms with Crippen molar-refractivity contribution in [1.29, 1.82) is 0 Å². The van der Waals surface area contributed by atoms with Crippen LogP contribution in [0.1, 0.15) is 48.4 Å². The van der Waals surface area contributed by atoms with E-state index in [-0.39, 0.29) is 24.3 Å². The Bertz CT molecular complexity index is 511. The summed E-state index contributed by atoms with van der Waals surface area (Å²) in [6, 6.07) is 0.164. The third-order valence-corrected chi connectivity index (χ3v) is 3.68. The SMILES string of the molecule is CCC(C)NC(=O)CCNC(=O)c1n[nH]c2c1CNCC2. The molecule has 0 spiro atoms. The molecule has 0 radical (unpaired) electrons. The van der Waals surface area contributed by atoms with E-state index in [4.69, 9.17) is 0 Å². The van der Waals surface area contributed by atoms with E-state index >= 15 is 0 Å². The topological polar surface area (TPSA) is 98.9 Å². The van der Waals surface area contributed by atoms with Crippen LogP contribution in [-0.4, -0.2) is 41.1 Å². The molecule has 1 aromatic rings. The highest BCUT2D eigenvalue weighted by atomic mass is 16.2. The van der Waals surface area contributed by atoms with Crippen LogP contribution in [0.2, 0.25) is 0 Å². The molecule has 0 aromatic carbocycles. The van der Waals surface area contributed by atoms with Crippen LogP contribution in [0.15, 0.2) is 0 Å². The van der Waals surface area contributed by atoms with Crippen LogP contribution in [0, 0.1) is 0 Å². The fraction of sp³-hybridized carbons (Fsp3) is 0.643. The lowest BCUT2D eigenvalue weighted by Crippen LogP contribution is -2.35. The quantitative estimate of drug-likeness (QED) is 0.597. The minimum Gasteiger partial charge on any atom is -0.354 e. The van der Waals surface area contributed by atoms with E-state index in [9.17, 15) is 9.59 Å². The third-order valence-electron chi connectivity index (χ3n) is 3.68. The zero-order valence-electron chi connectivity index (χ0n) is 12.6. The highest BCUT2D eigenvalue weighted by Gasteiger charge is 2.21. The van der Waals surface area contributed by atoms with Gasteiger partial charge in [0.25, 0.3) is 5.91 Å². The Balaban J connectivity index is 1.80. The van der Waals surface area contributed by atoms with Crippen molar-refractivity contribution in [1.82, 2.24) is 26.1 Å².